The lowest BCUT2D eigenvalue weighted by Gasteiger charge is -2.36. The summed E-state index contributed by atoms with van der Waals surface area (Å²) >= 11 is 1.46. The average molecular weight is 675 g/mol. The monoisotopic (exact) mass is 674 g/mol. The van der Waals surface area contributed by atoms with E-state index in [-0.39, 0.29) is 30.4 Å². The maximum atomic E-state index is 12.4. The molecule has 0 aliphatic carbocycles. The molecule has 6 rings (SSSR count). The van der Waals surface area contributed by atoms with Crippen molar-refractivity contribution in [3.63, 3.8) is 0 Å². The van der Waals surface area contributed by atoms with Crippen molar-refractivity contribution in [3.8, 4) is 11.1 Å². The highest BCUT2D eigenvalue weighted by Gasteiger charge is 2.32. The van der Waals surface area contributed by atoms with Crippen molar-refractivity contribution in [1.29, 1.82) is 0 Å². The molecule has 2 amide bonds. The van der Waals surface area contributed by atoms with E-state index in [1.807, 2.05) is 103 Å². The second-order valence-corrected chi connectivity index (χ2v) is 12.9. The number of benzene rings is 5. The number of thioether (sulfide) groups is 1. The fourth-order valence-electron chi connectivity index (χ4n) is 5.72. The Morgan fingerprint density at radius 1 is 0.694 bits per heavy atom. The summed E-state index contributed by atoms with van der Waals surface area (Å²) in [4.78, 5) is 24.9. The van der Waals surface area contributed by atoms with Crippen molar-refractivity contribution in [1.82, 2.24) is 10.6 Å². The van der Waals surface area contributed by atoms with Gasteiger partial charge in [-0.1, -0.05) is 103 Å². The quantitative estimate of drug-likeness (QED) is 0.0995. The number of urea groups is 1. The van der Waals surface area contributed by atoms with Crippen molar-refractivity contribution >= 4 is 23.8 Å². The number of amides is 2. The van der Waals surface area contributed by atoms with Crippen LogP contribution in [0.1, 0.15) is 57.0 Å². The molecule has 3 atom stereocenters. The van der Waals surface area contributed by atoms with Gasteiger partial charge in [0.05, 0.1) is 24.4 Å². The van der Waals surface area contributed by atoms with Gasteiger partial charge in [-0.2, -0.15) is 0 Å². The third-order valence-electron chi connectivity index (χ3n) is 8.33. The van der Waals surface area contributed by atoms with Crippen LogP contribution in [0, 0.1) is 0 Å². The Labute approximate surface area is 290 Å². The van der Waals surface area contributed by atoms with E-state index in [2.05, 4.69) is 22.8 Å². The van der Waals surface area contributed by atoms with Crippen LogP contribution in [-0.2, 0) is 29.2 Å². The molecule has 0 radical (unpaired) electrons. The summed E-state index contributed by atoms with van der Waals surface area (Å²) in [5, 5.41) is 25.1. The van der Waals surface area contributed by atoms with E-state index >= 15 is 0 Å². The number of carboxylic acids is 1. The average Bonchev–Trinajstić information content (AvgIpc) is 3.16. The van der Waals surface area contributed by atoms with E-state index < -0.39 is 12.3 Å². The molecule has 5 aromatic rings. The van der Waals surface area contributed by atoms with E-state index in [0.717, 1.165) is 38.9 Å². The minimum absolute atomic E-state index is 0.0364. The zero-order chi connectivity index (χ0) is 34.0. The molecule has 1 saturated heterocycles. The number of nitrogens with one attached hydrogen (secondary N) is 2. The first-order chi connectivity index (χ1) is 23.9. The molecule has 1 aliphatic rings. The van der Waals surface area contributed by atoms with Crippen LogP contribution in [0.25, 0.3) is 11.1 Å². The number of carboxylic acid groups (broad SMARTS) is 1. The van der Waals surface area contributed by atoms with Gasteiger partial charge < -0.3 is 30.3 Å². The van der Waals surface area contributed by atoms with Crippen molar-refractivity contribution < 1.29 is 29.3 Å². The van der Waals surface area contributed by atoms with Crippen LogP contribution in [0.3, 0.4) is 0 Å². The summed E-state index contributed by atoms with van der Waals surface area (Å²) in [6.07, 6.45) is -0.558. The third-order valence-corrected chi connectivity index (χ3v) is 9.53. The highest BCUT2D eigenvalue weighted by Crippen LogP contribution is 2.40. The number of hydrogen-bond acceptors (Lipinski definition) is 6. The molecular formula is C40H38N2O6S. The molecule has 0 aromatic heterocycles. The van der Waals surface area contributed by atoms with Gasteiger partial charge in [-0.15, -0.1) is 11.8 Å². The summed E-state index contributed by atoms with van der Waals surface area (Å²) in [6, 6.07) is 40.4. The van der Waals surface area contributed by atoms with Crippen molar-refractivity contribution in [2.24, 2.45) is 0 Å². The van der Waals surface area contributed by atoms with Crippen LogP contribution in [-0.4, -0.2) is 34.1 Å². The summed E-state index contributed by atoms with van der Waals surface area (Å²) in [5.41, 5.74) is 6.91. The first-order valence-corrected chi connectivity index (χ1v) is 17.1. The van der Waals surface area contributed by atoms with Gasteiger partial charge >= 0.3 is 12.0 Å². The molecule has 1 fully saturated rings. The SMILES string of the molecule is O=C(NCc1ccccc1)NCc1cccc(-c2cccc(C3OC(CSc4ccccc4C(=O)O)CC(c4ccc(CO)cc4)O3)c2)c1. The lowest BCUT2D eigenvalue weighted by molar-refractivity contribution is -0.245. The van der Waals surface area contributed by atoms with Crippen molar-refractivity contribution in [2.45, 2.75) is 49.5 Å². The molecule has 0 bridgehead atoms. The van der Waals surface area contributed by atoms with E-state index in [4.69, 9.17) is 9.47 Å². The maximum Gasteiger partial charge on any atom is 0.336 e. The van der Waals surface area contributed by atoms with Gasteiger partial charge in [-0.3, -0.25) is 0 Å². The van der Waals surface area contributed by atoms with Crippen LogP contribution in [0.15, 0.2) is 132 Å². The molecule has 1 heterocycles. The number of ether oxygens (including phenoxy) is 2. The van der Waals surface area contributed by atoms with Crippen LogP contribution in [0.2, 0.25) is 0 Å². The van der Waals surface area contributed by atoms with E-state index in [0.29, 0.717) is 30.2 Å². The van der Waals surface area contributed by atoms with Gasteiger partial charge in [0.2, 0.25) is 0 Å². The molecule has 1 aliphatic heterocycles. The lowest BCUT2D eigenvalue weighted by atomic mass is 9.99. The van der Waals surface area contributed by atoms with Gasteiger partial charge in [0.15, 0.2) is 6.29 Å². The highest BCUT2D eigenvalue weighted by atomic mass is 32.2. The van der Waals surface area contributed by atoms with Crippen LogP contribution in [0.5, 0.6) is 0 Å². The summed E-state index contributed by atoms with van der Waals surface area (Å²) in [6.45, 7) is 0.796. The van der Waals surface area contributed by atoms with Crippen molar-refractivity contribution in [3.05, 3.63) is 161 Å². The number of rotatable bonds is 12. The van der Waals surface area contributed by atoms with Gasteiger partial charge in [-0.05, 0) is 57.6 Å². The Morgan fingerprint density at radius 3 is 2.12 bits per heavy atom. The number of hydrogen-bond donors (Lipinski definition) is 4. The molecule has 49 heavy (non-hydrogen) atoms. The Morgan fingerprint density at radius 2 is 1.37 bits per heavy atom. The minimum Gasteiger partial charge on any atom is -0.478 e. The predicted molar refractivity (Wildman–Crippen MR) is 190 cm³/mol. The molecule has 3 unspecified atom stereocenters. The molecule has 8 nitrogen and oxygen atoms in total. The summed E-state index contributed by atoms with van der Waals surface area (Å²) in [5.74, 6) is -0.415. The Kier molecular flexibility index (Phi) is 11.4. The molecule has 5 aromatic carbocycles. The fraction of sp³-hybridized carbons (Fsp3) is 0.200. The smallest absolute Gasteiger partial charge is 0.336 e. The molecule has 0 saturated carbocycles. The highest BCUT2D eigenvalue weighted by molar-refractivity contribution is 7.99. The molecule has 9 heteroatoms. The lowest BCUT2D eigenvalue weighted by Crippen LogP contribution is -2.34. The zero-order valence-corrected chi connectivity index (χ0v) is 27.6. The minimum atomic E-state index is -0.960. The first-order valence-electron chi connectivity index (χ1n) is 16.2. The summed E-state index contributed by atoms with van der Waals surface area (Å²) < 4.78 is 13.1. The number of aromatic carboxylic acids is 1. The van der Waals surface area contributed by atoms with E-state index in [1.54, 1.807) is 12.1 Å². The number of aliphatic hydroxyl groups excluding tert-OH is 1. The standard InChI is InChI=1S/C40H38N2O6S/c43-25-28-16-18-30(19-17-28)36-22-34(26-49-37-15-5-4-14-35(37)38(44)45)47-39(48-36)33-13-7-12-32(21-33)31-11-6-10-29(20-31)24-42-40(46)41-23-27-8-2-1-3-9-27/h1-21,34,36,39,43H,22-26H2,(H,44,45)(H2,41,42,46). The van der Waals surface area contributed by atoms with Crippen LogP contribution >= 0.6 is 11.8 Å². The topological polar surface area (TPSA) is 117 Å². The number of carbonyl (C=O) groups is 2. The third kappa shape index (κ3) is 9.16. The van der Waals surface area contributed by atoms with Crippen LogP contribution < -0.4 is 10.6 Å². The molecule has 250 valence electrons. The Hall–Kier alpha value is -4.93. The summed E-state index contributed by atoms with van der Waals surface area (Å²) in [7, 11) is 0. The molecule has 4 N–H and O–H groups in total. The molecular weight excluding hydrogens is 637 g/mol. The van der Waals surface area contributed by atoms with Crippen LogP contribution in [0.4, 0.5) is 4.79 Å². The zero-order valence-electron chi connectivity index (χ0n) is 26.8. The van der Waals surface area contributed by atoms with Gasteiger partial charge in [0, 0.05) is 35.7 Å². The van der Waals surface area contributed by atoms with Crippen molar-refractivity contribution in [2.75, 3.05) is 5.75 Å². The normalized spacial score (nSPS) is 17.3. The first kappa shape index (κ1) is 34.0. The predicted octanol–water partition coefficient (Wildman–Crippen LogP) is 7.88. The van der Waals surface area contributed by atoms with E-state index in [1.165, 1.54) is 11.8 Å². The fourth-order valence-corrected chi connectivity index (χ4v) is 6.79. The van der Waals surface area contributed by atoms with Gasteiger partial charge in [0.1, 0.15) is 0 Å². The second-order valence-electron chi connectivity index (χ2n) is 11.8. The molecule has 0 spiro atoms. The largest absolute Gasteiger partial charge is 0.478 e. The Bertz CT molecular complexity index is 1870. The number of carbonyl (C=O) groups excluding carboxylic acids is 1. The van der Waals surface area contributed by atoms with Gasteiger partial charge in [0.25, 0.3) is 0 Å². The Balaban J connectivity index is 1.17. The maximum absolute atomic E-state index is 12.4. The second kappa shape index (κ2) is 16.5. The van der Waals surface area contributed by atoms with Gasteiger partial charge in [-0.25, -0.2) is 9.59 Å². The van der Waals surface area contributed by atoms with E-state index in [9.17, 15) is 19.8 Å². The number of aliphatic hydroxyl groups is 1.